The van der Waals surface area contributed by atoms with Crippen LogP contribution in [0, 0.1) is 5.92 Å². The van der Waals surface area contributed by atoms with Gasteiger partial charge < -0.3 is 16.2 Å². The largest absolute Gasteiger partial charge is 0.493 e. The molecule has 0 bridgehead atoms. The Labute approximate surface area is 118 Å². The van der Waals surface area contributed by atoms with E-state index >= 15 is 0 Å². The molecule has 4 N–H and O–H groups in total. The molecule has 0 aromatic heterocycles. The van der Waals surface area contributed by atoms with E-state index in [0.29, 0.717) is 24.5 Å². The first kappa shape index (κ1) is 14.2. The van der Waals surface area contributed by atoms with Gasteiger partial charge >= 0.3 is 0 Å². The van der Waals surface area contributed by atoms with Crippen molar-refractivity contribution < 1.29 is 9.53 Å². The van der Waals surface area contributed by atoms with Crippen molar-refractivity contribution in [2.75, 3.05) is 6.61 Å². The van der Waals surface area contributed by atoms with Gasteiger partial charge in [-0.1, -0.05) is 18.5 Å². The molecule has 2 rings (SSSR count). The lowest BCUT2D eigenvalue weighted by Crippen LogP contribution is -2.20. The minimum absolute atomic E-state index is 0.142. The summed E-state index contributed by atoms with van der Waals surface area (Å²) in [6.07, 6.45) is 1.89. The van der Waals surface area contributed by atoms with E-state index in [0.717, 1.165) is 23.3 Å². The number of rotatable bonds is 5. The van der Waals surface area contributed by atoms with Crippen LogP contribution in [0.4, 0.5) is 0 Å². The zero-order chi connectivity index (χ0) is 14.0. The smallest absolute Gasteiger partial charge is 0.217 e. The molecule has 0 spiro atoms. The van der Waals surface area contributed by atoms with Crippen molar-refractivity contribution >= 4 is 17.5 Å². The van der Waals surface area contributed by atoms with Gasteiger partial charge in [0.1, 0.15) is 5.75 Å². The summed E-state index contributed by atoms with van der Waals surface area (Å²) in [6, 6.07) is 3.58. The molecule has 0 radical (unpaired) electrons. The summed E-state index contributed by atoms with van der Waals surface area (Å²) >= 11 is 6.11. The average Bonchev–Trinajstić information content (AvgIpc) is 2.73. The van der Waals surface area contributed by atoms with Crippen molar-refractivity contribution in [3.8, 4) is 5.75 Å². The number of hydrogen-bond acceptors (Lipinski definition) is 3. The van der Waals surface area contributed by atoms with Gasteiger partial charge in [0.15, 0.2) is 0 Å². The quantitative estimate of drug-likeness (QED) is 0.869. The van der Waals surface area contributed by atoms with Crippen molar-refractivity contribution in [1.82, 2.24) is 0 Å². The summed E-state index contributed by atoms with van der Waals surface area (Å²) < 4.78 is 5.64. The van der Waals surface area contributed by atoms with Gasteiger partial charge in [-0.15, -0.1) is 0 Å². The molecule has 0 saturated carbocycles. The fraction of sp³-hybridized carbons (Fsp3) is 0.500. The van der Waals surface area contributed by atoms with Gasteiger partial charge in [0.25, 0.3) is 0 Å². The fourth-order valence-electron chi connectivity index (χ4n) is 2.56. The Kier molecular flexibility index (Phi) is 4.32. The predicted molar refractivity (Wildman–Crippen MR) is 75.2 cm³/mol. The monoisotopic (exact) mass is 282 g/mol. The Morgan fingerprint density at radius 3 is 2.95 bits per heavy atom. The Hall–Kier alpha value is -1.26. The minimum atomic E-state index is -0.299. The van der Waals surface area contributed by atoms with Gasteiger partial charge in [-0.05, 0) is 30.0 Å². The Balaban J connectivity index is 2.15. The van der Waals surface area contributed by atoms with Crippen LogP contribution >= 0.6 is 11.6 Å². The minimum Gasteiger partial charge on any atom is -0.493 e. The second-order valence-electron chi connectivity index (χ2n) is 5.20. The molecule has 5 heteroatoms. The van der Waals surface area contributed by atoms with Crippen LogP contribution in [0.1, 0.15) is 36.9 Å². The van der Waals surface area contributed by atoms with E-state index in [1.165, 1.54) is 0 Å². The Morgan fingerprint density at radius 2 is 2.26 bits per heavy atom. The van der Waals surface area contributed by atoms with E-state index in [1.807, 2.05) is 19.1 Å². The second kappa shape index (κ2) is 5.80. The summed E-state index contributed by atoms with van der Waals surface area (Å²) in [7, 11) is 0. The van der Waals surface area contributed by atoms with Gasteiger partial charge in [-0.25, -0.2) is 0 Å². The highest BCUT2D eigenvalue weighted by Crippen LogP contribution is 2.37. The summed E-state index contributed by atoms with van der Waals surface area (Å²) in [5, 5.41) is 0.678. The molecule has 1 aromatic carbocycles. The van der Waals surface area contributed by atoms with Crippen LogP contribution in [0.2, 0.25) is 5.02 Å². The van der Waals surface area contributed by atoms with Crippen molar-refractivity contribution in [1.29, 1.82) is 0 Å². The molecule has 1 amide bonds. The molecule has 104 valence electrons. The Morgan fingerprint density at radius 1 is 1.53 bits per heavy atom. The second-order valence-corrected chi connectivity index (χ2v) is 5.64. The third-order valence-corrected chi connectivity index (χ3v) is 3.60. The van der Waals surface area contributed by atoms with E-state index in [9.17, 15) is 4.79 Å². The maximum Gasteiger partial charge on any atom is 0.217 e. The highest BCUT2D eigenvalue weighted by atomic mass is 35.5. The summed E-state index contributed by atoms with van der Waals surface area (Å²) in [5.41, 5.74) is 13.5. The van der Waals surface area contributed by atoms with Gasteiger partial charge in [0, 0.05) is 29.5 Å². The van der Waals surface area contributed by atoms with Crippen molar-refractivity contribution in [2.45, 2.75) is 32.2 Å². The lowest BCUT2D eigenvalue weighted by Gasteiger charge is -2.19. The predicted octanol–water partition coefficient (Wildman–Crippen LogP) is 2.18. The molecule has 1 aliphatic rings. The third-order valence-electron chi connectivity index (χ3n) is 3.38. The number of hydrogen-bond donors (Lipinski definition) is 2. The highest BCUT2D eigenvalue weighted by molar-refractivity contribution is 6.30. The number of nitrogens with two attached hydrogens (primary N) is 2. The van der Waals surface area contributed by atoms with Gasteiger partial charge in [-0.2, -0.15) is 0 Å². The third kappa shape index (κ3) is 3.39. The van der Waals surface area contributed by atoms with Gasteiger partial charge in [0.2, 0.25) is 5.91 Å². The summed E-state index contributed by atoms with van der Waals surface area (Å²) in [5.74, 6) is 0.707. The van der Waals surface area contributed by atoms with Crippen LogP contribution in [0.3, 0.4) is 0 Å². The highest BCUT2D eigenvalue weighted by Gasteiger charge is 2.22. The maximum atomic E-state index is 10.9. The topological polar surface area (TPSA) is 78.3 Å². The number of halogens is 1. The van der Waals surface area contributed by atoms with Crippen LogP contribution < -0.4 is 16.2 Å². The first-order valence-electron chi connectivity index (χ1n) is 6.46. The molecular weight excluding hydrogens is 264 g/mol. The number of primary amides is 1. The van der Waals surface area contributed by atoms with Crippen LogP contribution in [-0.2, 0) is 11.2 Å². The first-order valence-corrected chi connectivity index (χ1v) is 6.84. The normalized spacial score (nSPS) is 16.6. The van der Waals surface area contributed by atoms with Crippen LogP contribution in [0.15, 0.2) is 12.1 Å². The SMILES string of the molecule is CC(CC(N)=O)CC(N)c1cc(Cl)cc2c1OCC2. The number of carbonyl (C=O) groups is 1. The van der Waals surface area contributed by atoms with E-state index in [-0.39, 0.29) is 17.9 Å². The van der Waals surface area contributed by atoms with Crippen molar-refractivity contribution in [3.05, 3.63) is 28.3 Å². The number of benzene rings is 1. The zero-order valence-electron chi connectivity index (χ0n) is 11.0. The number of amides is 1. The molecule has 2 unspecified atom stereocenters. The molecule has 0 fully saturated rings. The average molecular weight is 283 g/mol. The lowest BCUT2D eigenvalue weighted by molar-refractivity contribution is -0.118. The number of carbonyl (C=O) groups excluding carboxylic acids is 1. The van der Waals surface area contributed by atoms with Crippen LogP contribution in [-0.4, -0.2) is 12.5 Å². The molecule has 1 aliphatic heterocycles. The lowest BCUT2D eigenvalue weighted by atomic mass is 9.92. The standard InChI is InChI=1S/C14H19ClN2O2/c1-8(5-13(17)18)4-12(16)11-7-10(15)6-9-2-3-19-14(9)11/h6-8,12H,2-5,16H2,1H3,(H2,17,18). The number of ether oxygens (including phenoxy) is 1. The fourth-order valence-corrected chi connectivity index (χ4v) is 2.81. The number of fused-ring (bicyclic) bond motifs is 1. The van der Waals surface area contributed by atoms with E-state index in [1.54, 1.807) is 0 Å². The van der Waals surface area contributed by atoms with Crippen molar-refractivity contribution in [3.63, 3.8) is 0 Å². The van der Waals surface area contributed by atoms with Gasteiger partial charge in [-0.3, -0.25) is 4.79 Å². The molecule has 2 atom stereocenters. The molecule has 1 heterocycles. The summed E-state index contributed by atoms with van der Waals surface area (Å²) in [6.45, 7) is 2.64. The van der Waals surface area contributed by atoms with Crippen molar-refractivity contribution in [2.24, 2.45) is 17.4 Å². The molecular formula is C14H19ClN2O2. The molecule has 0 saturated heterocycles. The van der Waals surface area contributed by atoms with Crippen LogP contribution in [0.25, 0.3) is 0 Å². The maximum absolute atomic E-state index is 10.9. The zero-order valence-corrected chi connectivity index (χ0v) is 11.7. The summed E-state index contributed by atoms with van der Waals surface area (Å²) in [4.78, 5) is 10.9. The first-order chi connectivity index (χ1) is 8.97. The van der Waals surface area contributed by atoms with E-state index < -0.39 is 0 Å². The Bertz CT molecular complexity index is 491. The molecule has 4 nitrogen and oxygen atoms in total. The van der Waals surface area contributed by atoms with Gasteiger partial charge in [0.05, 0.1) is 6.61 Å². The van der Waals surface area contributed by atoms with E-state index in [4.69, 9.17) is 27.8 Å². The molecule has 19 heavy (non-hydrogen) atoms. The molecule has 0 aliphatic carbocycles. The van der Waals surface area contributed by atoms with Crippen LogP contribution in [0.5, 0.6) is 5.75 Å². The van der Waals surface area contributed by atoms with E-state index in [2.05, 4.69) is 0 Å². The molecule has 1 aromatic rings.